The summed E-state index contributed by atoms with van der Waals surface area (Å²) < 4.78 is 27.4. The van der Waals surface area contributed by atoms with Gasteiger partial charge in [-0.25, -0.2) is 8.78 Å². The number of benzene rings is 1. The van der Waals surface area contributed by atoms with Gasteiger partial charge in [-0.05, 0) is 36.3 Å². The Balaban J connectivity index is 0.00000264. The van der Waals surface area contributed by atoms with Gasteiger partial charge in [-0.15, -0.1) is 11.6 Å². The van der Waals surface area contributed by atoms with E-state index in [0.717, 1.165) is 12.6 Å². The van der Waals surface area contributed by atoms with Gasteiger partial charge in [0.25, 0.3) is 0 Å². The second kappa shape index (κ2) is 9.39. The van der Waals surface area contributed by atoms with Crippen LogP contribution in [-0.4, -0.2) is 19.0 Å². The molecule has 1 aliphatic rings. The van der Waals surface area contributed by atoms with Crippen molar-refractivity contribution in [3.63, 3.8) is 0 Å². The standard InChI is InChI=1S/C18H26ClF2N.Ti/c1-18(2,12-19)13-22(11-14-6-4-3-5-7-14)17-9-8-15(20)10-16(17)21;/h8-10,14H,3-7,11-13H2,1-2H3;. The minimum Gasteiger partial charge on any atom is -0.368 e. The first kappa shape index (κ1) is 20.9. The molecule has 0 spiro atoms. The van der Waals surface area contributed by atoms with E-state index in [0.29, 0.717) is 24.0 Å². The molecule has 0 unspecified atom stereocenters. The van der Waals surface area contributed by atoms with Crippen LogP contribution in [0.3, 0.4) is 0 Å². The smallest absolute Gasteiger partial charge is 0.149 e. The summed E-state index contributed by atoms with van der Waals surface area (Å²) in [5, 5.41) is 0. The van der Waals surface area contributed by atoms with Crippen molar-refractivity contribution in [3.05, 3.63) is 29.8 Å². The van der Waals surface area contributed by atoms with Crippen LogP contribution in [0.15, 0.2) is 18.2 Å². The molecule has 5 heteroatoms. The molecule has 0 N–H and O–H groups in total. The van der Waals surface area contributed by atoms with Gasteiger partial charge in [0.2, 0.25) is 0 Å². The van der Waals surface area contributed by atoms with Gasteiger partial charge in [-0.1, -0.05) is 33.1 Å². The number of halogens is 3. The molecule has 1 nitrogen and oxygen atoms in total. The quantitative estimate of drug-likeness (QED) is 0.460. The van der Waals surface area contributed by atoms with Crippen LogP contribution in [0, 0.1) is 23.0 Å². The van der Waals surface area contributed by atoms with E-state index in [9.17, 15) is 8.78 Å². The van der Waals surface area contributed by atoms with Crippen LogP contribution in [0.2, 0.25) is 0 Å². The maximum absolute atomic E-state index is 14.2. The SMILES string of the molecule is CC(C)(CCl)CN(CC1CCCCC1)c1ccc(F)cc1F.[Ti]. The van der Waals surface area contributed by atoms with Crippen molar-refractivity contribution in [2.45, 2.75) is 46.0 Å². The molecule has 2 rings (SSSR count). The summed E-state index contributed by atoms with van der Waals surface area (Å²) in [5.41, 5.74) is 0.377. The fourth-order valence-corrected chi connectivity index (χ4v) is 3.31. The maximum atomic E-state index is 14.2. The topological polar surface area (TPSA) is 3.24 Å². The second-order valence-electron chi connectivity index (χ2n) is 7.28. The van der Waals surface area contributed by atoms with Gasteiger partial charge in [0.1, 0.15) is 11.6 Å². The number of rotatable bonds is 6. The molecule has 0 aromatic heterocycles. The Kier molecular flexibility index (Phi) is 8.54. The molecule has 0 saturated heterocycles. The summed E-state index contributed by atoms with van der Waals surface area (Å²) in [7, 11) is 0. The van der Waals surface area contributed by atoms with Crippen LogP contribution in [-0.2, 0) is 21.7 Å². The monoisotopic (exact) mass is 377 g/mol. The van der Waals surface area contributed by atoms with Gasteiger partial charge < -0.3 is 4.90 Å². The van der Waals surface area contributed by atoms with Crippen molar-refractivity contribution in [1.82, 2.24) is 0 Å². The van der Waals surface area contributed by atoms with Gasteiger partial charge in [-0.3, -0.25) is 0 Å². The summed E-state index contributed by atoms with van der Waals surface area (Å²) in [4.78, 5) is 2.06. The Hall–Kier alpha value is -0.116. The molecular weight excluding hydrogens is 352 g/mol. The summed E-state index contributed by atoms with van der Waals surface area (Å²) in [6.45, 7) is 5.66. The van der Waals surface area contributed by atoms with Crippen LogP contribution in [0.5, 0.6) is 0 Å². The zero-order chi connectivity index (χ0) is 16.2. The molecule has 1 aromatic rings. The Morgan fingerprint density at radius 1 is 1.17 bits per heavy atom. The van der Waals surface area contributed by atoms with E-state index in [1.54, 1.807) is 6.07 Å². The summed E-state index contributed by atoms with van der Waals surface area (Å²) in [6, 6.07) is 3.86. The predicted molar refractivity (Wildman–Crippen MR) is 89.6 cm³/mol. The number of alkyl halides is 1. The molecule has 0 aliphatic heterocycles. The molecule has 0 radical (unpaired) electrons. The average Bonchev–Trinajstić information content (AvgIpc) is 2.47. The molecule has 1 aromatic carbocycles. The van der Waals surface area contributed by atoms with Crippen molar-refractivity contribution >= 4 is 17.3 Å². The zero-order valence-electron chi connectivity index (χ0n) is 14.0. The predicted octanol–water partition coefficient (Wildman–Crippen LogP) is 5.61. The molecular formula is C18H26ClF2NTi. The fraction of sp³-hybridized carbons (Fsp3) is 0.667. The number of nitrogens with zero attached hydrogens (tertiary/aromatic N) is 1. The molecule has 128 valence electrons. The van der Waals surface area contributed by atoms with E-state index < -0.39 is 11.6 Å². The third-order valence-corrected chi connectivity index (χ3v) is 5.16. The van der Waals surface area contributed by atoms with Crippen molar-refractivity contribution in [2.75, 3.05) is 23.9 Å². The number of anilines is 1. The maximum Gasteiger partial charge on any atom is 0.149 e. The molecule has 1 saturated carbocycles. The molecule has 0 atom stereocenters. The van der Waals surface area contributed by atoms with Crippen LogP contribution in [0.25, 0.3) is 0 Å². The molecule has 0 amide bonds. The van der Waals surface area contributed by atoms with E-state index >= 15 is 0 Å². The van der Waals surface area contributed by atoms with E-state index in [-0.39, 0.29) is 27.1 Å². The molecule has 23 heavy (non-hydrogen) atoms. The first-order valence-corrected chi connectivity index (χ1v) is 8.71. The molecule has 1 aliphatic carbocycles. The van der Waals surface area contributed by atoms with Crippen LogP contribution in [0.4, 0.5) is 14.5 Å². The Morgan fingerprint density at radius 3 is 2.39 bits per heavy atom. The van der Waals surface area contributed by atoms with Crippen molar-refractivity contribution in [1.29, 1.82) is 0 Å². The Morgan fingerprint density at radius 2 is 1.83 bits per heavy atom. The summed E-state index contributed by atoms with van der Waals surface area (Å²) >= 11 is 6.05. The van der Waals surface area contributed by atoms with Gasteiger partial charge >= 0.3 is 0 Å². The summed E-state index contributed by atoms with van der Waals surface area (Å²) in [5.74, 6) is 0.0812. The van der Waals surface area contributed by atoms with E-state index in [1.807, 2.05) is 0 Å². The zero-order valence-corrected chi connectivity index (χ0v) is 16.4. The van der Waals surface area contributed by atoms with E-state index in [4.69, 9.17) is 11.6 Å². The first-order valence-electron chi connectivity index (χ1n) is 8.17. The minimum atomic E-state index is -0.532. The van der Waals surface area contributed by atoms with E-state index in [1.165, 1.54) is 38.2 Å². The normalized spacial score (nSPS) is 16.0. The van der Waals surface area contributed by atoms with Gasteiger partial charge in [-0.2, -0.15) is 0 Å². The molecule has 0 bridgehead atoms. The van der Waals surface area contributed by atoms with Gasteiger partial charge in [0, 0.05) is 46.8 Å². The first-order chi connectivity index (χ1) is 10.4. The van der Waals surface area contributed by atoms with Crippen LogP contribution >= 0.6 is 11.6 Å². The van der Waals surface area contributed by atoms with Gasteiger partial charge in [0.15, 0.2) is 0 Å². The number of hydrogen-bond acceptors (Lipinski definition) is 1. The van der Waals surface area contributed by atoms with Crippen molar-refractivity contribution in [3.8, 4) is 0 Å². The van der Waals surface area contributed by atoms with Crippen molar-refractivity contribution in [2.24, 2.45) is 11.3 Å². The molecule has 1 fully saturated rings. The fourth-order valence-electron chi connectivity index (χ4n) is 3.23. The summed E-state index contributed by atoms with van der Waals surface area (Å²) in [6.07, 6.45) is 6.20. The Labute approximate surface area is 158 Å². The minimum absolute atomic E-state index is 0. The van der Waals surface area contributed by atoms with Crippen LogP contribution in [0.1, 0.15) is 46.0 Å². The van der Waals surface area contributed by atoms with Gasteiger partial charge in [0.05, 0.1) is 5.69 Å². The Bertz CT molecular complexity index is 490. The third kappa shape index (κ3) is 6.36. The second-order valence-corrected chi connectivity index (χ2v) is 7.55. The van der Waals surface area contributed by atoms with E-state index in [2.05, 4.69) is 18.7 Å². The number of hydrogen-bond donors (Lipinski definition) is 0. The molecule has 0 heterocycles. The average molecular weight is 378 g/mol. The largest absolute Gasteiger partial charge is 0.368 e. The van der Waals surface area contributed by atoms with Crippen molar-refractivity contribution < 1.29 is 30.5 Å². The third-order valence-electron chi connectivity index (χ3n) is 4.43. The van der Waals surface area contributed by atoms with Crippen LogP contribution < -0.4 is 4.90 Å².